The molecule has 0 spiro atoms. The van der Waals surface area contributed by atoms with Gasteiger partial charge in [0.15, 0.2) is 5.16 Å². The first-order valence-corrected chi connectivity index (χ1v) is 10.3. The van der Waals surface area contributed by atoms with Gasteiger partial charge < -0.3 is 15.2 Å². The summed E-state index contributed by atoms with van der Waals surface area (Å²) < 4.78 is 0. The molecule has 2 aromatic carbocycles. The van der Waals surface area contributed by atoms with Crippen molar-refractivity contribution < 1.29 is 9.59 Å². The Bertz CT molecular complexity index is 979. The van der Waals surface area contributed by atoms with E-state index < -0.39 is 0 Å². The summed E-state index contributed by atoms with van der Waals surface area (Å²) in [6.07, 6.45) is 2.07. The average molecular weight is 395 g/mol. The number of aromatic amines is 1. The number of amides is 2. The first kappa shape index (κ1) is 18.6. The summed E-state index contributed by atoms with van der Waals surface area (Å²) in [7, 11) is 1.66. The van der Waals surface area contributed by atoms with Crippen molar-refractivity contribution in [1.29, 1.82) is 0 Å². The highest BCUT2D eigenvalue weighted by molar-refractivity contribution is 7.98. The van der Waals surface area contributed by atoms with Crippen LogP contribution in [0.1, 0.15) is 28.8 Å². The van der Waals surface area contributed by atoms with Gasteiger partial charge >= 0.3 is 0 Å². The Morgan fingerprint density at radius 3 is 2.71 bits per heavy atom. The van der Waals surface area contributed by atoms with Crippen LogP contribution in [0.3, 0.4) is 0 Å². The fraction of sp³-hybridized carbons (Fsp3) is 0.286. The number of fused-ring (bicyclic) bond motifs is 1. The van der Waals surface area contributed by atoms with E-state index in [9.17, 15) is 9.59 Å². The van der Waals surface area contributed by atoms with Crippen LogP contribution in [0.25, 0.3) is 11.0 Å². The van der Waals surface area contributed by atoms with Crippen LogP contribution in [0.2, 0.25) is 0 Å². The SMILES string of the molecule is CN(CC(=O)NC1CC1)C(=O)c1ccccc1CSc1nc2ccccc2[nH]1. The Kier molecular flexibility index (Phi) is 5.34. The lowest BCUT2D eigenvalue weighted by atomic mass is 10.1. The summed E-state index contributed by atoms with van der Waals surface area (Å²) >= 11 is 1.56. The van der Waals surface area contributed by atoms with Crippen molar-refractivity contribution in [2.75, 3.05) is 13.6 Å². The van der Waals surface area contributed by atoms with Crippen LogP contribution in [0, 0.1) is 0 Å². The third kappa shape index (κ3) is 4.36. The molecule has 2 N–H and O–H groups in total. The molecular weight excluding hydrogens is 372 g/mol. The zero-order valence-electron chi connectivity index (χ0n) is 15.6. The van der Waals surface area contributed by atoms with Gasteiger partial charge in [-0.3, -0.25) is 9.59 Å². The molecular formula is C21H22N4O2S. The summed E-state index contributed by atoms with van der Waals surface area (Å²) in [5.41, 5.74) is 3.46. The molecule has 28 heavy (non-hydrogen) atoms. The van der Waals surface area contributed by atoms with E-state index in [4.69, 9.17) is 0 Å². The Morgan fingerprint density at radius 2 is 1.93 bits per heavy atom. The predicted octanol–water partition coefficient (Wildman–Crippen LogP) is 3.21. The lowest BCUT2D eigenvalue weighted by Gasteiger charge is -2.18. The molecule has 1 saturated carbocycles. The molecule has 0 unspecified atom stereocenters. The summed E-state index contributed by atoms with van der Waals surface area (Å²) in [6.45, 7) is 0.0698. The van der Waals surface area contributed by atoms with Crippen molar-refractivity contribution in [3.05, 3.63) is 59.7 Å². The fourth-order valence-corrected chi connectivity index (χ4v) is 3.88. The molecule has 144 valence electrons. The summed E-state index contributed by atoms with van der Waals surface area (Å²) in [5.74, 6) is 0.364. The Morgan fingerprint density at radius 1 is 1.18 bits per heavy atom. The van der Waals surface area contributed by atoms with Gasteiger partial charge in [0, 0.05) is 24.4 Å². The van der Waals surface area contributed by atoms with Crippen LogP contribution in [0.15, 0.2) is 53.7 Å². The van der Waals surface area contributed by atoms with E-state index >= 15 is 0 Å². The van der Waals surface area contributed by atoms with E-state index in [0.29, 0.717) is 17.4 Å². The van der Waals surface area contributed by atoms with Gasteiger partial charge in [0.2, 0.25) is 5.91 Å². The molecule has 0 atom stereocenters. The maximum Gasteiger partial charge on any atom is 0.254 e. The minimum absolute atomic E-state index is 0.0698. The second-order valence-corrected chi connectivity index (χ2v) is 7.97. The standard InChI is InChI=1S/C21H22N4O2S/c1-25(12-19(26)22-15-10-11-15)20(27)16-7-3-2-6-14(16)13-28-21-23-17-8-4-5-9-18(17)24-21/h2-9,15H,10-13H2,1H3,(H,22,26)(H,23,24). The molecule has 3 aromatic rings. The fourth-order valence-electron chi connectivity index (χ4n) is 2.99. The average Bonchev–Trinajstić information content (AvgIpc) is 3.40. The van der Waals surface area contributed by atoms with E-state index in [1.165, 1.54) is 4.90 Å². The van der Waals surface area contributed by atoms with Gasteiger partial charge in [-0.2, -0.15) is 0 Å². The van der Waals surface area contributed by atoms with Gasteiger partial charge in [0.05, 0.1) is 17.6 Å². The van der Waals surface area contributed by atoms with Crippen LogP contribution in [-0.4, -0.2) is 46.3 Å². The van der Waals surface area contributed by atoms with Crippen LogP contribution in [0.4, 0.5) is 0 Å². The molecule has 0 aliphatic heterocycles. The molecule has 7 heteroatoms. The predicted molar refractivity (Wildman–Crippen MR) is 110 cm³/mol. The molecule has 1 aromatic heterocycles. The Labute approximate surface area is 167 Å². The number of imidazole rings is 1. The van der Waals surface area contributed by atoms with Crippen molar-refractivity contribution in [2.45, 2.75) is 29.8 Å². The maximum absolute atomic E-state index is 12.9. The lowest BCUT2D eigenvalue weighted by molar-refractivity contribution is -0.121. The third-order valence-corrected chi connectivity index (χ3v) is 5.57. The topological polar surface area (TPSA) is 78.1 Å². The number of carbonyl (C=O) groups is 2. The van der Waals surface area contributed by atoms with Crippen LogP contribution in [-0.2, 0) is 10.5 Å². The van der Waals surface area contributed by atoms with Crippen LogP contribution >= 0.6 is 11.8 Å². The zero-order chi connectivity index (χ0) is 19.5. The number of benzene rings is 2. The minimum Gasteiger partial charge on any atom is -0.352 e. The zero-order valence-corrected chi connectivity index (χ0v) is 16.5. The molecule has 1 aliphatic carbocycles. The quantitative estimate of drug-likeness (QED) is 0.603. The van der Waals surface area contributed by atoms with Crippen molar-refractivity contribution >= 4 is 34.6 Å². The number of rotatable bonds is 7. The van der Waals surface area contributed by atoms with Gasteiger partial charge in [-0.25, -0.2) is 4.98 Å². The smallest absolute Gasteiger partial charge is 0.254 e. The molecule has 0 bridgehead atoms. The minimum atomic E-state index is -0.147. The van der Waals surface area contributed by atoms with Gasteiger partial charge in [0.1, 0.15) is 0 Å². The maximum atomic E-state index is 12.9. The molecule has 6 nitrogen and oxygen atoms in total. The van der Waals surface area contributed by atoms with Crippen molar-refractivity contribution in [2.24, 2.45) is 0 Å². The number of aromatic nitrogens is 2. The van der Waals surface area contributed by atoms with E-state index in [1.54, 1.807) is 18.8 Å². The summed E-state index contributed by atoms with van der Waals surface area (Å²) in [4.78, 5) is 34.2. The molecule has 4 rings (SSSR count). The number of likely N-dealkylation sites (N-methyl/N-ethyl adjacent to an activating group) is 1. The monoisotopic (exact) mass is 394 g/mol. The number of H-pyrrole nitrogens is 1. The highest BCUT2D eigenvalue weighted by Gasteiger charge is 2.25. The van der Waals surface area contributed by atoms with Gasteiger partial charge in [0.25, 0.3) is 5.91 Å². The van der Waals surface area contributed by atoms with Crippen molar-refractivity contribution in [3.8, 4) is 0 Å². The first-order valence-electron chi connectivity index (χ1n) is 9.30. The van der Waals surface area contributed by atoms with E-state index in [2.05, 4.69) is 15.3 Å². The van der Waals surface area contributed by atoms with E-state index in [1.807, 2.05) is 48.5 Å². The van der Waals surface area contributed by atoms with Gasteiger partial charge in [-0.05, 0) is 36.6 Å². The third-order valence-electron chi connectivity index (χ3n) is 4.65. The molecule has 0 radical (unpaired) electrons. The van der Waals surface area contributed by atoms with Crippen molar-refractivity contribution in [1.82, 2.24) is 20.2 Å². The number of carbonyl (C=O) groups excluding carboxylic acids is 2. The molecule has 1 aliphatic rings. The molecule has 1 heterocycles. The number of para-hydroxylation sites is 2. The highest BCUT2D eigenvalue weighted by Crippen LogP contribution is 2.25. The van der Waals surface area contributed by atoms with Crippen LogP contribution < -0.4 is 5.32 Å². The van der Waals surface area contributed by atoms with Crippen molar-refractivity contribution in [3.63, 3.8) is 0 Å². The normalized spacial score (nSPS) is 13.5. The van der Waals surface area contributed by atoms with Crippen LogP contribution in [0.5, 0.6) is 0 Å². The van der Waals surface area contributed by atoms with E-state index in [0.717, 1.165) is 34.6 Å². The number of nitrogens with zero attached hydrogens (tertiary/aromatic N) is 2. The molecule has 1 fully saturated rings. The number of hydrogen-bond acceptors (Lipinski definition) is 4. The second kappa shape index (κ2) is 8.06. The number of hydrogen-bond donors (Lipinski definition) is 2. The molecule has 0 saturated heterocycles. The van der Waals surface area contributed by atoms with Gasteiger partial charge in [-0.1, -0.05) is 42.1 Å². The lowest BCUT2D eigenvalue weighted by Crippen LogP contribution is -2.39. The largest absolute Gasteiger partial charge is 0.352 e. The Balaban J connectivity index is 1.43. The summed E-state index contributed by atoms with van der Waals surface area (Å²) in [6, 6.07) is 15.7. The Hall–Kier alpha value is -2.80. The second-order valence-electron chi connectivity index (χ2n) is 7.01. The van der Waals surface area contributed by atoms with Gasteiger partial charge in [-0.15, -0.1) is 0 Å². The highest BCUT2D eigenvalue weighted by atomic mass is 32.2. The number of thioether (sulfide) groups is 1. The number of nitrogens with one attached hydrogen (secondary N) is 2. The first-order chi connectivity index (χ1) is 13.6. The summed E-state index contributed by atoms with van der Waals surface area (Å²) in [5, 5.41) is 3.74. The van der Waals surface area contributed by atoms with E-state index in [-0.39, 0.29) is 18.4 Å². The molecule has 2 amide bonds.